The van der Waals surface area contributed by atoms with Crippen molar-refractivity contribution in [2.45, 2.75) is 25.7 Å². The van der Waals surface area contributed by atoms with Crippen molar-refractivity contribution in [2.24, 2.45) is 0 Å². The van der Waals surface area contributed by atoms with E-state index < -0.39 is 6.36 Å². The Balaban J connectivity index is 1.25. The maximum atomic E-state index is 12.6. The molecule has 196 valence electrons. The Kier molecular flexibility index (Phi) is 8.51. The zero-order chi connectivity index (χ0) is 26.4. The number of alkyl halides is 3. The van der Waals surface area contributed by atoms with Gasteiger partial charge in [0.25, 0.3) is 5.91 Å². The highest BCUT2D eigenvalue weighted by Crippen LogP contribution is 2.27. The molecule has 1 atom stereocenters. The molecule has 3 aromatic carbocycles. The molecule has 1 fully saturated rings. The van der Waals surface area contributed by atoms with E-state index in [9.17, 15) is 18.0 Å². The molecular formula is C29H32F3N3O2. The summed E-state index contributed by atoms with van der Waals surface area (Å²) in [6, 6.07) is 21.6. The van der Waals surface area contributed by atoms with Gasteiger partial charge in [0.1, 0.15) is 5.75 Å². The van der Waals surface area contributed by atoms with Crippen LogP contribution in [0.5, 0.6) is 5.75 Å². The number of likely N-dealkylation sites (N-methyl/N-ethyl adjacent to an activating group) is 1. The molecule has 8 heteroatoms. The predicted molar refractivity (Wildman–Crippen MR) is 139 cm³/mol. The third-order valence-electron chi connectivity index (χ3n) is 6.82. The first kappa shape index (κ1) is 26.7. The van der Waals surface area contributed by atoms with E-state index in [2.05, 4.69) is 58.1 Å². The highest BCUT2D eigenvalue weighted by atomic mass is 19.4. The van der Waals surface area contributed by atoms with Crippen molar-refractivity contribution in [3.63, 3.8) is 0 Å². The van der Waals surface area contributed by atoms with Crippen LogP contribution in [0, 0.1) is 0 Å². The molecule has 1 amide bonds. The van der Waals surface area contributed by atoms with Crippen molar-refractivity contribution in [1.82, 2.24) is 15.1 Å². The lowest BCUT2D eigenvalue weighted by atomic mass is 10.0. The molecule has 37 heavy (non-hydrogen) atoms. The van der Waals surface area contributed by atoms with Gasteiger partial charge in [0.05, 0.1) is 0 Å². The predicted octanol–water partition coefficient (Wildman–Crippen LogP) is 5.53. The zero-order valence-corrected chi connectivity index (χ0v) is 21.1. The van der Waals surface area contributed by atoms with Gasteiger partial charge in [-0.2, -0.15) is 0 Å². The summed E-state index contributed by atoms with van der Waals surface area (Å²) in [5, 5.41) is 2.95. The maximum absolute atomic E-state index is 12.6. The number of nitrogens with one attached hydrogen (secondary N) is 1. The maximum Gasteiger partial charge on any atom is 0.573 e. The fourth-order valence-corrected chi connectivity index (χ4v) is 4.47. The largest absolute Gasteiger partial charge is 0.573 e. The number of hydrogen-bond donors (Lipinski definition) is 1. The number of carbonyl (C=O) groups is 1. The van der Waals surface area contributed by atoms with E-state index in [4.69, 9.17) is 0 Å². The van der Waals surface area contributed by atoms with Gasteiger partial charge in [-0.25, -0.2) is 0 Å². The van der Waals surface area contributed by atoms with Crippen molar-refractivity contribution < 1.29 is 22.7 Å². The topological polar surface area (TPSA) is 44.8 Å². The molecule has 1 saturated heterocycles. The molecule has 0 radical (unpaired) electrons. The van der Waals surface area contributed by atoms with Crippen molar-refractivity contribution in [3.8, 4) is 16.9 Å². The Morgan fingerprint density at radius 1 is 0.892 bits per heavy atom. The van der Waals surface area contributed by atoms with E-state index in [0.29, 0.717) is 18.2 Å². The summed E-state index contributed by atoms with van der Waals surface area (Å²) in [4.78, 5) is 17.4. The molecule has 1 heterocycles. The van der Waals surface area contributed by atoms with Crippen LogP contribution < -0.4 is 10.1 Å². The normalized spacial score (nSPS) is 15.8. The molecule has 1 N–H and O–H groups in total. The lowest BCUT2D eigenvalue weighted by molar-refractivity contribution is -0.274. The zero-order valence-electron chi connectivity index (χ0n) is 21.1. The number of carbonyl (C=O) groups excluding carboxylic acids is 1. The van der Waals surface area contributed by atoms with Gasteiger partial charge in [-0.1, -0.05) is 48.5 Å². The minimum absolute atomic E-state index is 0.166. The molecule has 0 bridgehead atoms. The number of rotatable bonds is 8. The Labute approximate surface area is 215 Å². The number of benzene rings is 3. The summed E-state index contributed by atoms with van der Waals surface area (Å²) in [5.41, 5.74) is 4.52. The van der Waals surface area contributed by atoms with E-state index in [1.54, 1.807) is 36.4 Å². The molecule has 3 aromatic rings. The molecule has 0 saturated carbocycles. The van der Waals surface area contributed by atoms with Crippen LogP contribution in [0.15, 0.2) is 72.8 Å². The lowest BCUT2D eigenvalue weighted by Gasteiger charge is -2.36. The van der Waals surface area contributed by atoms with E-state index in [-0.39, 0.29) is 11.7 Å². The molecule has 5 nitrogen and oxygen atoms in total. The number of halogens is 3. The Bertz CT molecular complexity index is 1160. The summed E-state index contributed by atoms with van der Waals surface area (Å²) in [5.74, 6) is -0.438. The van der Waals surface area contributed by atoms with Gasteiger partial charge in [-0.3, -0.25) is 9.69 Å². The summed E-state index contributed by atoms with van der Waals surface area (Å²) in [6.45, 7) is 7.13. The number of nitrogens with zero attached hydrogens (tertiary/aromatic N) is 2. The van der Waals surface area contributed by atoms with Gasteiger partial charge in [-0.05, 0) is 66.9 Å². The minimum atomic E-state index is -4.72. The van der Waals surface area contributed by atoms with Crippen molar-refractivity contribution in [1.29, 1.82) is 0 Å². The smallest absolute Gasteiger partial charge is 0.406 e. The van der Waals surface area contributed by atoms with Crippen LogP contribution in [0.25, 0.3) is 11.1 Å². The standard InChI is InChI=1S/C29H32F3N3O2/c1-21(35-19-17-34(2)18-20-35)23-5-3-22(4-6-23)15-16-33-28(36)26-9-7-24(8-10-26)25-11-13-27(14-12-25)37-29(30,31)32/h3-14,21H,15-20H2,1-2H3,(H,33,36). The highest BCUT2D eigenvalue weighted by molar-refractivity contribution is 5.94. The van der Waals surface area contributed by atoms with Gasteiger partial charge >= 0.3 is 6.36 Å². The number of piperazine rings is 1. The van der Waals surface area contributed by atoms with E-state index in [1.165, 1.54) is 23.3 Å². The van der Waals surface area contributed by atoms with E-state index >= 15 is 0 Å². The first-order valence-corrected chi connectivity index (χ1v) is 12.4. The summed E-state index contributed by atoms with van der Waals surface area (Å²) >= 11 is 0. The summed E-state index contributed by atoms with van der Waals surface area (Å²) in [7, 11) is 2.16. The Morgan fingerprint density at radius 2 is 1.46 bits per heavy atom. The quantitative estimate of drug-likeness (QED) is 0.432. The van der Waals surface area contributed by atoms with Crippen LogP contribution in [0.4, 0.5) is 13.2 Å². The van der Waals surface area contributed by atoms with E-state index in [0.717, 1.165) is 43.7 Å². The third kappa shape index (κ3) is 7.57. The molecule has 4 rings (SSSR count). The van der Waals surface area contributed by atoms with Crippen LogP contribution in [0.3, 0.4) is 0 Å². The second-order valence-electron chi connectivity index (χ2n) is 9.41. The lowest BCUT2D eigenvalue weighted by Crippen LogP contribution is -2.45. The molecule has 1 unspecified atom stereocenters. The third-order valence-corrected chi connectivity index (χ3v) is 6.82. The first-order chi connectivity index (χ1) is 17.7. The highest BCUT2D eigenvalue weighted by Gasteiger charge is 2.31. The number of ether oxygens (including phenoxy) is 1. The van der Waals surface area contributed by atoms with Crippen LogP contribution in [-0.2, 0) is 6.42 Å². The van der Waals surface area contributed by atoms with Crippen LogP contribution in [0.1, 0.15) is 34.5 Å². The molecule has 0 aliphatic carbocycles. The molecular weight excluding hydrogens is 479 g/mol. The number of hydrogen-bond acceptors (Lipinski definition) is 4. The Hall–Kier alpha value is -3.36. The van der Waals surface area contributed by atoms with Gasteiger partial charge in [0.2, 0.25) is 0 Å². The average molecular weight is 512 g/mol. The van der Waals surface area contributed by atoms with E-state index in [1.807, 2.05) is 0 Å². The van der Waals surface area contributed by atoms with Crippen molar-refractivity contribution >= 4 is 5.91 Å². The summed E-state index contributed by atoms with van der Waals surface area (Å²) in [6.07, 6.45) is -3.98. The molecule has 0 aromatic heterocycles. The molecule has 0 spiro atoms. The number of amides is 1. The second kappa shape index (κ2) is 11.8. The average Bonchev–Trinajstić information content (AvgIpc) is 2.89. The van der Waals surface area contributed by atoms with Crippen molar-refractivity contribution in [3.05, 3.63) is 89.5 Å². The molecule has 1 aliphatic heterocycles. The second-order valence-corrected chi connectivity index (χ2v) is 9.41. The monoisotopic (exact) mass is 511 g/mol. The van der Waals surface area contributed by atoms with Crippen LogP contribution in [0.2, 0.25) is 0 Å². The molecule has 1 aliphatic rings. The fraction of sp³-hybridized carbons (Fsp3) is 0.345. The fourth-order valence-electron chi connectivity index (χ4n) is 4.47. The first-order valence-electron chi connectivity index (χ1n) is 12.4. The van der Waals surface area contributed by atoms with Crippen LogP contribution >= 0.6 is 0 Å². The van der Waals surface area contributed by atoms with Gasteiger partial charge in [0, 0.05) is 44.3 Å². The Morgan fingerprint density at radius 3 is 2.03 bits per heavy atom. The van der Waals surface area contributed by atoms with Gasteiger partial charge in [-0.15, -0.1) is 13.2 Å². The summed E-state index contributed by atoms with van der Waals surface area (Å²) < 4.78 is 40.9. The SMILES string of the molecule is CC(c1ccc(CCNC(=O)c2ccc(-c3ccc(OC(F)(F)F)cc3)cc2)cc1)N1CCN(C)CC1. The van der Waals surface area contributed by atoms with Crippen molar-refractivity contribution in [2.75, 3.05) is 39.8 Å². The minimum Gasteiger partial charge on any atom is -0.406 e. The van der Waals surface area contributed by atoms with Gasteiger partial charge in [0.15, 0.2) is 0 Å². The van der Waals surface area contributed by atoms with Gasteiger partial charge < -0.3 is 15.0 Å². The van der Waals surface area contributed by atoms with Crippen LogP contribution in [-0.4, -0.2) is 61.8 Å².